The van der Waals surface area contributed by atoms with Crippen molar-refractivity contribution in [3.8, 4) is 28.7 Å². The minimum Gasteiger partial charge on any atom is -0.489 e. The Morgan fingerprint density at radius 1 is 0.479 bits per heavy atom. The molecule has 0 N–H and O–H groups in total. The molecule has 6 fully saturated rings. The zero-order valence-electron chi connectivity index (χ0n) is 66.8. The van der Waals surface area contributed by atoms with Crippen molar-refractivity contribution in [1.29, 1.82) is 0 Å². The summed E-state index contributed by atoms with van der Waals surface area (Å²) in [5.41, 5.74) is 12.3. The van der Waals surface area contributed by atoms with E-state index in [0.717, 1.165) is 97.3 Å². The maximum Gasteiger partial charge on any atom is 0.199 e. The zero-order chi connectivity index (χ0) is 83.0. The summed E-state index contributed by atoms with van der Waals surface area (Å²) >= 11 is 4.33. The Labute approximate surface area is 694 Å². The van der Waals surface area contributed by atoms with Crippen molar-refractivity contribution in [2.75, 3.05) is 54.3 Å². The highest BCUT2D eigenvalue weighted by Crippen LogP contribution is 2.40. The molecular weight excluding hydrogens is 1590 g/mol. The number of thiazole rings is 2. The van der Waals surface area contributed by atoms with Crippen LogP contribution in [0.25, 0.3) is 0 Å². The highest BCUT2D eigenvalue weighted by atomic mass is 32.2. The van der Waals surface area contributed by atoms with Gasteiger partial charge < -0.3 is 33.2 Å². The Morgan fingerprint density at radius 2 is 0.880 bits per heavy atom. The second-order valence-electron chi connectivity index (χ2n) is 29.9. The number of ketones is 5. The molecule has 6 aliphatic rings. The summed E-state index contributed by atoms with van der Waals surface area (Å²) in [6.07, 6.45) is 10.5. The van der Waals surface area contributed by atoms with Gasteiger partial charge in [0.2, 0.25) is 0 Å². The van der Waals surface area contributed by atoms with Gasteiger partial charge >= 0.3 is 0 Å². The van der Waals surface area contributed by atoms with Gasteiger partial charge in [-0.25, -0.2) is 43.3 Å². The monoisotopic (exact) mass is 1680 g/mol. The number of ether oxygens (including phenoxy) is 7. The van der Waals surface area contributed by atoms with Crippen molar-refractivity contribution < 1.29 is 74.1 Å². The van der Waals surface area contributed by atoms with E-state index in [-0.39, 0.29) is 108 Å². The highest BCUT2D eigenvalue weighted by molar-refractivity contribution is 8.00. The van der Waals surface area contributed by atoms with Crippen molar-refractivity contribution in [2.24, 2.45) is 0 Å². The van der Waals surface area contributed by atoms with Crippen LogP contribution in [0.4, 0.5) is 4.39 Å². The largest absolute Gasteiger partial charge is 0.489 e. The average Bonchev–Trinajstić information content (AvgIpc) is 1.01. The predicted octanol–water partition coefficient (Wildman–Crippen LogP) is 13.3. The number of thioether (sulfide) groups is 1. The minimum absolute atomic E-state index is 0.00969. The summed E-state index contributed by atoms with van der Waals surface area (Å²) in [6, 6.07) is 28.7. The third-order valence-corrected chi connectivity index (χ3v) is 25.0. The van der Waals surface area contributed by atoms with Gasteiger partial charge in [0, 0.05) is 171 Å². The lowest BCUT2D eigenvalue weighted by Gasteiger charge is -2.26. The molecule has 31 heteroatoms. The number of halogens is 1. The van der Waals surface area contributed by atoms with Gasteiger partial charge in [0.15, 0.2) is 43.9 Å². The molecule has 0 unspecified atom stereocenters. The standard InChI is InChI=1S/C19H22N2O3S.C17H18N2O4S.C17H18N2O3S.C17H18N2O2S.C16H17FN2O3S/c1-11-5-14(24-15-6-12(2)23-9-15)7-16(20-11)18(22)8-19-21-17(10-25-19)13-3-4-13;1-11-3-4-13(18-8-11)6-17(20)16-7-14(5-12(2)19-16)23-15-9-24(21,22)10-15;1-11-3-4-13(18-8-11)6-17(20)16-7-14(5-12(2)19-16)22-15-9-23(21)10-15;1-11-3-4-13(18-8-11)6-17(20)16-7-14(5-12(2)19-16)21-15-9-22-10-15;1-9-5-12(22-11-3-4-21-8-11)6-13(18-9)14(20)7-15-19-10(2)16(17)23-15/h5,7,10,12-13,15H,3-4,6,8-9H2,1-2H3;3-5,7-8,15H,6,9-10H2,1-2H3;3-5,7-8,15H,6,9-10H2,1-2H3;3-5,7-8,15H,6,9-10H2,1-2H3;5-6,11H,3-4,7-8H2,1-2H3/t12-,15-;;;;11-/m1...1/s1. The van der Waals surface area contributed by atoms with Gasteiger partial charge in [-0.2, -0.15) is 16.2 Å². The molecule has 16 rings (SSSR count). The van der Waals surface area contributed by atoms with Crippen molar-refractivity contribution in [3.63, 3.8) is 0 Å². The van der Waals surface area contributed by atoms with Crippen LogP contribution in [0, 0.1) is 67.4 Å². The summed E-state index contributed by atoms with van der Waals surface area (Å²) < 4.78 is 86.8. The van der Waals surface area contributed by atoms with Gasteiger partial charge in [-0.1, -0.05) is 29.5 Å². The Morgan fingerprint density at radius 3 is 1.22 bits per heavy atom. The normalized spacial score (nSPS) is 18.3. The number of hydrogen-bond acceptors (Lipinski definition) is 28. The maximum atomic E-state index is 13.3. The average molecular weight is 1690 g/mol. The molecule has 25 nitrogen and oxygen atoms in total. The molecule has 0 bridgehead atoms. The molecule has 1 aliphatic carbocycles. The van der Waals surface area contributed by atoms with Crippen LogP contribution in [0.15, 0.2) is 121 Å². The van der Waals surface area contributed by atoms with E-state index >= 15 is 0 Å². The number of carbonyl (C=O) groups is 5. The van der Waals surface area contributed by atoms with Crippen LogP contribution in [0.3, 0.4) is 0 Å². The number of hydrogen-bond donors (Lipinski definition) is 0. The van der Waals surface area contributed by atoms with Crippen LogP contribution in [-0.4, -0.2) is 182 Å². The third kappa shape index (κ3) is 26.6. The van der Waals surface area contributed by atoms with E-state index in [4.69, 9.17) is 33.2 Å². The van der Waals surface area contributed by atoms with Gasteiger partial charge in [0.1, 0.15) is 97.8 Å². The number of sulfone groups is 1. The second kappa shape index (κ2) is 40.0. The fourth-order valence-corrected chi connectivity index (χ4v) is 16.7. The molecule has 3 atom stereocenters. The van der Waals surface area contributed by atoms with E-state index in [1.807, 2.05) is 116 Å². The summed E-state index contributed by atoms with van der Waals surface area (Å²) in [5.74, 6) is 6.42. The van der Waals surface area contributed by atoms with Crippen molar-refractivity contribution in [3.05, 3.63) is 238 Å². The van der Waals surface area contributed by atoms with Crippen molar-refractivity contribution in [1.82, 2.24) is 49.8 Å². The molecule has 5 saturated heterocycles. The SMILES string of the molecule is Cc1cc(O[C@@H]2CCOC2)cc(C(=O)Cc2nc(C)c(F)s2)n1.Cc1cc(O[C@H]2CO[C@H](C)C2)cc(C(=O)Cc2nc(C3CC3)cs2)n1.Cc1ccc(CC(=O)c2cc(OC3CS(=O)(=O)C3)cc(C)n2)nc1.Cc1ccc(CC(=O)c2cc(OC3CS(=O)C3)cc(C)n2)nc1.Cc1ccc(CC(=O)c2cc(OC3CSC3)cc(C)n2)nc1. The van der Waals surface area contributed by atoms with Crippen LogP contribution in [0.5, 0.6) is 28.7 Å². The van der Waals surface area contributed by atoms with E-state index in [9.17, 15) is 41.0 Å². The van der Waals surface area contributed by atoms with Crippen LogP contribution in [0.2, 0.25) is 0 Å². The Balaban J connectivity index is 0.000000135. The molecule has 614 valence electrons. The number of carbonyl (C=O) groups excluding carboxylic acids is 5. The van der Waals surface area contributed by atoms with Crippen molar-refractivity contribution >= 4 is 84.0 Å². The first kappa shape index (κ1) is 86.5. The topological polar surface area (TPSA) is 330 Å². The number of pyridine rings is 8. The number of aryl methyl sites for hydroxylation is 9. The first-order valence-corrected chi connectivity index (χ1v) is 44.7. The highest BCUT2D eigenvalue weighted by Gasteiger charge is 2.36. The molecule has 5 aliphatic heterocycles. The summed E-state index contributed by atoms with van der Waals surface area (Å²) in [4.78, 5) is 105. The fraction of sp³-hybridized carbons (Fsp3) is 0.407. The molecule has 10 aromatic heterocycles. The number of nitrogens with zero attached hydrogens (tertiary/aromatic N) is 10. The van der Waals surface area contributed by atoms with Gasteiger partial charge in [0.05, 0.1) is 92.4 Å². The lowest BCUT2D eigenvalue weighted by molar-refractivity contribution is 0.0977. The Bertz CT molecular complexity index is 5310. The first-order chi connectivity index (χ1) is 56.0. The van der Waals surface area contributed by atoms with E-state index in [1.165, 1.54) is 12.8 Å². The van der Waals surface area contributed by atoms with Crippen molar-refractivity contribution in [2.45, 2.75) is 170 Å². The zero-order valence-corrected chi connectivity index (χ0v) is 70.9. The number of rotatable bonds is 26. The number of Topliss-reactive ketones (excluding diaryl/α,β-unsaturated/α-hetero) is 5. The lowest BCUT2D eigenvalue weighted by atomic mass is 10.1. The van der Waals surface area contributed by atoms with E-state index in [2.05, 4.69) is 55.2 Å². The summed E-state index contributed by atoms with van der Waals surface area (Å²) in [7, 11) is -3.71. The molecule has 0 spiro atoms. The summed E-state index contributed by atoms with van der Waals surface area (Å²) in [5, 5.41) is 3.06. The molecule has 0 aromatic carbocycles. The third-order valence-electron chi connectivity index (χ3n) is 18.8. The second-order valence-corrected chi connectivity index (χ2v) is 36.6. The van der Waals surface area contributed by atoms with E-state index in [1.54, 1.807) is 92.3 Å². The Kier molecular flexibility index (Phi) is 29.6. The van der Waals surface area contributed by atoms with E-state index < -0.39 is 20.6 Å². The van der Waals surface area contributed by atoms with Crippen LogP contribution in [0.1, 0.15) is 175 Å². The molecule has 15 heterocycles. The van der Waals surface area contributed by atoms with Gasteiger partial charge in [-0.15, -0.1) is 11.3 Å². The minimum atomic E-state index is -2.95. The molecule has 0 amide bonds. The Hall–Kier alpha value is -9.89. The molecule has 1 saturated carbocycles. The molecule has 0 radical (unpaired) electrons. The van der Waals surface area contributed by atoms with Crippen LogP contribution < -0.4 is 23.7 Å². The van der Waals surface area contributed by atoms with E-state index in [0.29, 0.717) is 123 Å². The lowest BCUT2D eigenvalue weighted by Crippen LogP contribution is -2.45. The molecule has 10 aromatic rings. The van der Waals surface area contributed by atoms with Gasteiger partial charge in [-0.05, 0) is 117 Å². The quantitative estimate of drug-likeness (QED) is 0.0454. The first-order valence-electron chi connectivity index (χ1n) is 38.5. The smallest absolute Gasteiger partial charge is 0.199 e. The van der Waals surface area contributed by atoms with Gasteiger partial charge in [-0.3, -0.25) is 43.1 Å². The van der Waals surface area contributed by atoms with Gasteiger partial charge in [0.25, 0.3) is 0 Å². The molecular formula is C86H93FN10O15S5. The molecule has 117 heavy (non-hydrogen) atoms. The van der Waals surface area contributed by atoms with Crippen LogP contribution in [-0.2, 0) is 62.2 Å². The predicted molar refractivity (Wildman–Crippen MR) is 444 cm³/mol. The maximum absolute atomic E-state index is 13.3. The summed E-state index contributed by atoms with van der Waals surface area (Å²) in [6.45, 7) is 20.5. The number of aromatic nitrogens is 10. The van der Waals surface area contributed by atoms with Crippen LogP contribution >= 0.6 is 34.4 Å². The fourth-order valence-electron chi connectivity index (χ4n) is 12.5.